The van der Waals surface area contributed by atoms with Gasteiger partial charge in [0.05, 0.1) is 17.9 Å². The van der Waals surface area contributed by atoms with Gasteiger partial charge in [0.2, 0.25) is 0 Å². The lowest BCUT2D eigenvalue weighted by molar-refractivity contribution is 0.112. The number of likely N-dealkylation sites (N-methyl/N-ethyl adjacent to an activating group) is 1. The van der Waals surface area contributed by atoms with Crippen molar-refractivity contribution in [1.82, 2.24) is 24.8 Å². The molecule has 1 fully saturated rings. The molecule has 0 saturated carbocycles. The SMILES string of the molecule is CN1CCN(C(=O)Nc2ccncc2F)C[C@H]1c1ncc[nH]1. The third-order valence-corrected chi connectivity index (χ3v) is 3.78. The number of carbonyl (C=O) groups is 1. The third kappa shape index (κ3) is 2.91. The molecule has 1 saturated heterocycles. The number of nitrogens with zero attached hydrogens (tertiary/aromatic N) is 4. The van der Waals surface area contributed by atoms with Gasteiger partial charge in [0.1, 0.15) is 5.82 Å². The second kappa shape index (κ2) is 6.10. The Balaban J connectivity index is 1.69. The van der Waals surface area contributed by atoms with Crippen molar-refractivity contribution in [3.05, 3.63) is 42.5 Å². The van der Waals surface area contributed by atoms with Gasteiger partial charge in [-0.05, 0) is 13.1 Å². The van der Waals surface area contributed by atoms with E-state index < -0.39 is 5.82 Å². The normalized spacial score (nSPS) is 19.2. The van der Waals surface area contributed by atoms with Crippen molar-refractivity contribution >= 4 is 11.7 Å². The van der Waals surface area contributed by atoms with Crippen molar-refractivity contribution in [3.8, 4) is 0 Å². The van der Waals surface area contributed by atoms with Crippen LogP contribution in [0.5, 0.6) is 0 Å². The summed E-state index contributed by atoms with van der Waals surface area (Å²) in [4.78, 5) is 27.1. The Bertz CT molecular complexity index is 647. The van der Waals surface area contributed by atoms with E-state index in [2.05, 4.69) is 25.2 Å². The molecule has 8 heteroatoms. The topological polar surface area (TPSA) is 77.2 Å². The van der Waals surface area contributed by atoms with Gasteiger partial charge in [-0.15, -0.1) is 0 Å². The summed E-state index contributed by atoms with van der Waals surface area (Å²) in [5.41, 5.74) is 0.133. The third-order valence-electron chi connectivity index (χ3n) is 3.78. The first-order chi connectivity index (χ1) is 10.6. The standard InChI is InChI=1S/C14H17FN6O/c1-20-6-7-21(9-12(20)13-17-4-5-18-13)14(22)19-11-2-3-16-8-10(11)15/h2-5,8,12H,6-7,9H2,1H3,(H,17,18)(H,16,19,22)/t12-/m0/s1. The van der Waals surface area contributed by atoms with E-state index in [0.717, 1.165) is 18.6 Å². The number of urea groups is 1. The summed E-state index contributed by atoms with van der Waals surface area (Å²) >= 11 is 0. The summed E-state index contributed by atoms with van der Waals surface area (Å²) in [6, 6.07) is 1.11. The Hall–Kier alpha value is -2.48. The molecule has 7 nitrogen and oxygen atoms in total. The van der Waals surface area contributed by atoms with E-state index in [1.807, 2.05) is 7.05 Å². The van der Waals surface area contributed by atoms with Crippen molar-refractivity contribution in [1.29, 1.82) is 0 Å². The number of H-pyrrole nitrogens is 1. The summed E-state index contributed by atoms with van der Waals surface area (Å²) in [6.45, 7) is 1.78. The molecule has 0 aliphatic carbocycles. The molecule has 22 heavy (non-hydrogen) atoms. The predicted octanol–water partition coefficient (Wildman–Crippen LogP) is 1.46. The van der Waals surface area contributed by atoms with Gasteiger partial charge < -0.3 is 15.2 Å². The summed E-state index contributed by atoms with van der Waals surface area (Å²) in [6.07, 6.45) is 5.96. The van der Waals surface area contributed by atoms with Crippen LogP contribution in [0, 0.1) is 5.82 Å². The maximum Gasteiger partial charge on any atom is 0.322 e. The Morgan fingerprint density at radius 2 is 2.32 bits per heavy atom. The van der Waals surface area contributed by atoms with Crippen molar-refractivity contribution in [3.63, 3.8) is 0 Å². The van der Waals surface area contributed by atoms with Gasteiger partial charge in [0.25, 0.3) is 0 Å². The quantitative estimate of drug-likeness (QED) is 0.880. The van der Waals surface area contributed by atoms with E-state index in [1.165, 1.54) is 12.3 Å². The zero-order chi connectivity index (χ0) is 15.5. The Morgan fingerprint density at radius 3 is 3.05 bits per heavy atom. The highest BCUT2D eigenvalue weighted by atomic mass is 19.1. The number of aromatic amines is 1. The Labute approximate surface area is 127 Å². The first-order valence-electron chi connectivity index (χ1n) is 7.00. The van der Waals surface area contributed by atoms with Crippen LogP contribution in [0.25, 0.3) is 0 Å². The zero-order valence-corrected chi connectivity index (χ0v) is 12.2. The van der Waals surface area contributed by atoms with Crippen LogP contribution in [0.15, 0.2) is 30.9 Å². The molecule has 2 aromatic heterocycles. The van der Waals surface area contributed by atoms with Crippen molar-refractivity contribution < 1.29 is 9.18 Å². The second-order valence-electron chi connectivity index (χ2n) is 5.20. The summed E-state index contributed by atoms with van der Waals surface area (Å²) in [7, 11) is 1.99. The molecule has 116 valence electrons. The number of amides is 2. The first kappa shape index (κ1) is 14.5. The van der Waals surface area contributed by atoms with E-state index in [9.17, 15) is 9.18 Å². The summed E-state index contributed by atoms with van der Waals surface area (Å²) in [5.74, 6) is 0.266. The molecule has 0 spiro atoms. The molecule has 1 aliphatic rings. The minimum atomic E-state index is -0.549. The highest BCUT2D eigenvalue weighted by Crippen LogP contribution is 2.22. The second-order valence-corrected chi connectivity index (χ2v) is 5.20. The highest BCUT2D eigenvalue weighted by molar-refractivity contribution is 5.89. The fourth-order valence-electron chi connectivity index (χ4n) is 2.48. The van der Waals surface area contributed by atoms with Gasteiger partial charge in [-0.1, -0.05) is 0 Å². The number of imidazole rings is 1. The van der Waals surface area contributed by atoms with Crippen LogP contribution in [0.2, 0.25) is 0 Å². The molecule has 0 aromatic carbocycles. The molecule has 1 aliphatic heterocycles. The summed E-state index contributed by atoms with van der Waals surface area (Å²) < 4.78 is 13.6. The van der Waals surface area contributed by atoms with E-state index in [0.29, 0.717) is 13.1 Å². The van der Waals surface area contributed by atoms with E-state index in [1.54, 1.807) is 17.3 Å². The number of anilines is 1. The number of aromatic nitrogens is 3. The molecule has 0 radical (unpaired) electrons. The average molecular weight is 304 g/mol. The Kier molecular flexibility index (Phi) is 4.01. The number of carbonyl (C=O) groups excluding carboxylic acids is 1. The largest absolute Gasteiger partial charge is 0.347 e. The Morgan fingerprint density at radius 1 is 1.45 bits per heavy atom. The van der Waals surface area contributed by atoms with Crippen LogP contribution < -0.4 is 5.32 Å². The molecule has 2 aromatic rings. The van der Waals surface area contributed by atoms with E-state index in [4.69, 9.17) is 0 Å². The van der Waals surface area contributed by atoms with Crippen LogP contribution in [0.3, 0.4) is 0 Å². The lowest BCUT2D eigenvalue weighted by Gasteiger charge is -2.38. The fraction of sp³-hybridized carbons (Fsp3) is 0.357. The molecule has 2 N–H and O–H groups in total. The molecule has 3 heterocycles. The highest BCUT2D eigenvalue weighted by Gasteiger charge is 2.30. The minimum absolute atomic E-state index is 0.00298. The predicted molar refractivity (Wildman–Crippen MR) is 78.7 cm³/mol. The number of pyridine rings is 1. The molecular formula is C14H17FN6O. The van der Waals surface area contributed by atoms with Crippen LogP contribution in [-0.2, 0) is 0 Å². The van der Waals surface area contributed by atoms with E-state index in [-0.39, 0.29) is 17.8 Å². The van der Waals surface area contributed by atoms with Gasteiger partial charge in [-0.3, -0.25) is 9.88 Å². The molecule has 0 unspecified atom stereocenters. The number of rotatable bonds is 2. The zero-order valence-electron chi connectivity index (χ0n) is 12.2. The fourth-order valence-corrected chi connectivity index (χ4v) is 2.48. The lowest BCUT2D eigenvalue weighted by atomic mass is 10.1. The molecular weight excluding hydrogens is 287 g/mol. The average Bonchev–Trinajstić information content (AvgIpc) is 3.04. The van der Waals surface area contributed by atoms with Crippen LogP contribution in [-0.4, -0.2) is 57.5 Å². The van der Waals surface area contributed by atoms with Crippen molar-refractivity contribution in [2.45, 2.75) is 6.04 Å². The number of hydrogen-bond donors (Lipinski definition) is 2. The number of nitrogens with one attached hydrogen (secondary N) is 2. The van der Waals surface area contributed by atoms with E-state index >= 15 is 0 Å². The van der Waals surface area contributed by atoms with Crippen LogP contribution in [0.4, 0.5) is 14.9 Å². The molecule has 0 bridgehead atoms. The monoisotopic (exact) mass is 304 g/mol. The maximum absolute atomic E-state index is 13.6. The van der Waals surface area contributed by atoms with Crippen molar-refractivity contribution in [2.75, 3.05) is 32.0 Å². The van der Waals surface area contributed by atoms with Crippen molar-refractivity contribution in [2.24, 2.45) is 0 Å². The van der Waals surface area contributed by atoms with Crippen LogP contribution in [0.1, 0.15) is 11.9 Å². The maximum atomic E-state index is 13.6. The van der Waals surface area contributed by atoms with Gasteiger partial charge in [-0.25, -0.2) is 14.2 Å². The first-order valence-corrected chi connectivity index (χ1v) is 7.00. The summed E-state index contributed by atoms with van der Waals surface area (Å²) in [5, 5.41) is 2.58. The number of hydrogen-bond acceptors (Lipinski definition) is 4. The van der Waals surface area contributed by atoms with Gasteiger partial charge in [-0.2, -0.15) is 0 Å². The molecule has 3 rings (SSSR count). The van der Waals surface area contributed by atoms with Gasteiger partial charge in [0.15, 0.2) is 5.82 Å². The minimum Gasteiger partial charge on any atom is -0.347 e. The smallest absolute Gasteiger partial charge is 0.322 e. The van der Waals surface area contributed by atoms with Gasteiger partial charge >= 0.3 is 6.03 Å². The van der Waals surface area contributed by atoms with Crippen LogP contribution >= 0.6 is 0 Å². The lowest BCUT2D eigenvalue weighted by Crippen LogP contribution is -2.50. The molecule has 1 atom stereocenters. The number of halogens is 1. The number of piperazine rings is 1. The van der Waals surface area contributed by atoms with Gasteiger partial charge in [0, 0.05) is 38.2 Å². The molecule has 2 amide bonds.